The molecule has 0 fully saturated rings. The number of carbonyl (C=O) groups is 2. The molecule has 0 spiro atoms. The molecular formula is C16H15ClO5. The maximum absolute atomic E-state index is 12.1. The van der Waals surface area contributed by atoms with Crippen LogP contribution in [0.1, 0.15) is 29.0 Å². The number of aliphatic hydroxyl groups excluding tert-OH is 1. The third-order valence-electron chi connectivity index (χ3n) is 3.10. The Morgan fingerprint density at radius 3 is 2.82 bits per heavy atom. The number of benzene rings is 1. The van der Waals surface area contributed by atoms with Crippen molar-refractivity contribution in [2.75, 3.05) is 7.11 Å². The Morgan fingerprint density at radius 2 is 2.14 bits per heavy atom. The van der Waals surface area contributed by atoms with Crippen molar-refractivity contribution in [1.29, 1.82) is 0 Å². The average Bonchev–Trinajstić information content (AvgIpc) is 2.93. The Hall–Kier alpha value is -2.11. The van der Waals surface area contributed by atoms with Gasteiger partial charge in [-0.15, -0.1) is 0 Å². The molecule has 22 heavy (non-hydrogen) atoms. The number of aliphatic hydroxyl groups is 1. The highest BCUT2D eigenvalue weighted by Crippen LogP contribution is 2.28. The minimum atomic E-state index is -0.460. The Morgan fingerprint density at radius 1 is 1.36 bits per heavy atom. The van der Waals surface area contributed by atoms with Crippen molar-refractivity contribution >= 4 is 34.3 Å². The minimum Gasteiger partial charge on any atom is -0.466 e. The molecule has 2 rings (SSSR count). The molecule has 0 bridgehead atoms. The number of rotatable bonds is 6. The van der Waals surface area contributed by atoms with Crippen molar-refractivity contribution in [2.24, 2.45) is 0 Å². The molecule has 1 aromatic carbocycles. The number of hydrogen-bond acceptors (Lipinski definition) is 5. The van der Waals surface area contributed by atoms with Crippen LogP contribution >= 0.6 is 11.6 Å². The highest BCUT2D eigenvalue weighted by atomic mass is 35.5. The molecule has 0 radical (unpaired) electrons. The fraction of sp³-hybridized carbons (Fsp3) is 0.250. The predicted molar refractivity (Wildman–Crippen MR) is 81.9 cm³/mol. The fourth-order valence-electron chi connectivity index (χ4n) is 2.03. The van der Waals surface area contributed by atoms with Crippen LogP contribution in [0, 0.1) is 0 Å². The van der Waals surface area contributed by atoms with Gasteiger partial charge in [-0.2, -0.15) is 0 Å². The molecule has 0 aliphatic carbocycles. The second-order valence-electron chi connectivity index (χ2n) is 4.64. The molecule has 2 aromatic rings. The molecule has 0 aliphatic rings. The molecule has 0 aliphatic heterocycles. The van der Waals surface area contributed by atoms with Gasteiger partial charge >= 0.3 is 5.97 Å². The number of carbonyl (C=O) groups excluding carboxylic acids is 2. The van der Waals surface area contributed by atoms with Crippen LogP contribution in [0.25, 0.3) is 11.0 Å². The van der Waals surface area contributed by atoms with E-state index in [0.29, 0.717) is 28.0 Å². The van der Waals surface area contributed by atoms with E-state index >= 15 is 0 Å². The van der Waals surface area contributed by atoms with Crippen molar-refractivity contribution in [3.63, 3.8) is 0 Å². The lowest BCUT2D eigenvalue weighted by atomic mass is 10.1. The van der Waals surface area contributed by atoms with E-state index in [1.807, 2.05) is 0 Å². The number of methoxy groups -OCH3 is 1. The van der Waals surface area contributed by atoms with E-state index in [4.69, 9.17) is 16.0 Å². The van der Waals surface area contributed by atoms with E-state index in [0.717, 1.165) is 0 Å². The number of hydrogen-bond donors (Lipinski definition) is 1. The summed E-state index contributed by atoms with van der Waals surface area (Å²) >= 11 is 5.95. The maximum atomic E-state index is 12.1. The van der Waals surface area contributed by atoms with E-state index in [1.54, 1.807) is 24.3 Å². The summed E-state index contributed by atoms with van der Waals surface area (Å²) < 4.78 is 9.98. The third-order valence-corrected chi connectivity index (χ3v) is 3.31. The Balaban J connectivity index is 2.12. The van der Waals surface area contributed by atoms with Crippen LogP contribution in [0.3, 0.4) is 0 Å². The van der Waals surface area contributed by atoms with E-state index in [9.17, 15) is 14.7 Å². The first-order valence-corrected chi connectivity index (χ1v) is 7.03. The quantitative estimate of drug-likeness (QED) is 0.502. The van der Waals surface area contributed by atoms with Crippen molar-refractivity contribution < 1.29 is 23.8 Å². The largest absolute Gasteiger partial charge is 0.466 e. The van der Waals surface area contributed by atoms with Gasteiger partial charge in [-0.25, -0.2) is 4.79 Å². The van der Waals surface area contributed by atoms with E-state index in [1.165, 1.54) is 13.2 Å². The lowest BCUT2D eigenvalue weighted by molar-refractivity contribution is -0.134. The monoisotopic (exact) mass is 322 g/mol. The number of halogens is 1. The summed E-state index contributed by atoms with van der Waals surface area (Å²) in [6.07, 6.45) is 3.45. The summed E-state index contributed by atoms with van der Waals surface area (Å²) in [5.74, 6) is -0.442. The maximum Gasteiger partial charge on any atom is 0.330 e. The zero-order valence-corrected chi connectivity index (χ0v) is 12.7. The highest BCUT2D eigenvalue weighted by Gasteiger charge is 2.14. The van der Waals surface area contributed by atoms with Crippen LogP contribution in [-0.4, -0.2) is 24.0 Å². The lowest BCUT2D eigenvalue weighted by Gasteiger charge is -1.98. The van der Waals surface area contributed by atoms with Gasteiger partial charge in [-0.1, -0.05) is 17.7 Å². The summed E-state index contributed by atoms with van der Waals surface area (Å²) in [5.41, 5.74) is 0.993. The third kappa shape index (κ3) is 3.75. The van der Waals surface area contributed by atoms with Crippen LogP contribution in [0.4, 0.5) is 0 Å². The number of esters is 1. The number of ether oxygens (including phenoxy) is 1. The smallest absolute Gasteiger partial charge is 0.330 e. The van der Waals surface area contributed by atoms with Gasteiger partial charge in [-0.3, -0.25) is 4.79 Å². The van der Waals surface area contributed by atoms with Gasteiger partial charge in [0.25, 0.3) is 0 Å². The summed E-state index contributed by atoms with van der Waals surface area (Å²) in [4.78, 5) is 23.0. The molecule has 116 valence electrons. The number of allylic oxidation sites excluding steroid dienone is 1. The molecule has 0 unspecified atom stereocenters. The zero-order valence-electron chi connectivity index (χ0n) is 12.0. The van der Waals surface area contributed by atoms with Gasteiger partial charge in [-0.05, 0) is 24.6 Å². The first-order chi connectivity index (χ1) is 10.5. The standard InChI is InChI=1S/C16H15ClO5/c1-21-15(20)5-3-2-4-13(19)14-8-10-6-12(17)7-11(9-18)16(10)22-14/h3,5-8,18H,2,4,9H2,1H3/b5-3+. The molecule has 0 saturated heterocycles. The molecule has 1 heterocycles. The van der Waals surface area contributed by atoms with Crippen molar-refractivity contribution in [3.05, 3.63) is 46.7 Å². The molecular weight excluding hydrogens is 308 g/mol. The molecule has 6 heteroatoms. The summed E-state index contributed by atoms with van der Waals surface area (Å²) in [6, 6.07) is 4.88. The minimum absolute atomic E-state index is 0.189. The van der Waals surface area contributed by atoms with E-state index < -0.39 is 5.97 Å². The van der Waals surface area contributed by atoms with Gasteiger partial charge in [0.05, 0.1) is 13.7 Å². The van der Waals surface area contributed by atoms with Crippen molar-refractivity contribution in [3.8, 4) is 0 Å². The molecule has 0 atom stereocenters. The van der Waals surface area contributed by atoms with Gasteiger partial charge < -0.3 is 14.3 Å². The first kappa shape index (κ1) is 16.3. The Bertz CT molecular complexity index is 729. The zero-order chi connectivity index (χ0) is 16.1. The van der Waals surface area contributed by atoms with Crippen LogP contribution in [0.2, 0.25) is 5.02 Å². The SMILES string of the molecule is COC(=O)/C=C/CCC(=O)c1cc2cc(Cl)cc(CO)c2o1. The number of furan rings is 1. The summed E-state index contributed by atoms with van der Waals surface area (Å²) in [7, 11) is 1.29. The van der Waals surface area contributed by atoms with Crippen LogP contribution in [0.5, 0.6) is 0 Å². The van der Waals surface area contributed by atoms with Gasteiger partial charge in [0.15, 0.2) is 11.5 Å². The topological polar surface area (TPSA) is 76.7 Å². The van der Waals surface area contributed by atoms with Gasteiger partial charge in [0.2, 0.25) is 0 Å². The second-order valence-corrected chi connectivity index (χ2v) is 5.08. The number of ketones is 1. The van der Waals surface area contributed by atoms with Crippen LogP contribution in [-0.2, 0) is 16.1 Å². The second kappa shape index (κ2) is 7.24. The lowest BCUT2D eigenvalue weighted by Crippen LogP contribution is -1.97. The number of fused-ring (bicyclic) bond motifs is 1. The summed E-state index contributed by atoms with van der Waals surface area (Å²) in [6.45, 7) is -0.222. The molecule has 1 aromatic heterocycles. The summed E-state index contributed by atoms with van der Waals surface area (Å²) in [5, 5.41) is 10.4. The van der Waals surface area contributed by atoms with Crippen LogP contribution < -0.4 is 0 Å². The van der Waals surface area contributed by atoms with E-state index in [-0.39, 0.29) is 24.6 Å². The Kier molecular flexibility index (Phi) is 5.35. The molecule has 5 nitrogen and oxygen atoms in total. The van der Waals surface area contributed by atoms with E-state index in [2.05, 4.69) is 4.74 Å². The Labute approximate surface area is 132 Å². The highest BCUT2D eigenvalue weighted by molar-refractivity contribution is 6.31. The average molecular weight is 323 g/mol. The molecule has 1 N–H and O–H groups in total. The predicted octanol–water partition coefficient (Wildman–Crippen LogP) is 3.27. The molecule has 0 saturated carbocycles. The van der Waals surface area contributed by atoms with Crippen LogP contribution in [0.15, 0.2) is 34.8 Å². The van der Waals surface area contributed by atoms with Gasteiger partial charge in [0, 0.05) is 28.5 Å². The van der Waals surface area contributed by atoms with Gasteiger partial charge in [0.1, 0.15) is 5.58 Å². The van der Waals surface area contributed by atoms with Crippen molar-refractivity contribution in [1.82, 2.24) is 0 Å². The normalized spacial score (nSPS) is 11.2. The first-order valence-electron chi connectivity index (χ1n) is 6.65. The number of Topliss-reactive ketones (excluding diaryl/α,β-unsaturated/α-hetero) is 1. The molecule has 0 amide bonds. The fourth-order valence-corrected chi connectivity index (χ4v) is 2.27. The van der Waals surface area contributed by atoms with Crippen molar-refractivity contribution in [2.45, 2.75) is 19.4 Å².